The van der Waals surface area contributed by atoms with Gasteiger partial charge in [0.2, 0.25) is 5.91 Å². The summed E-state index contributed by atoms with van der Waals surface area (Å²) in [6.45, 7) is 1.74. The van der Waals surface area contributed by atoms with Crippen molar-refractivity contribution in [2.75, 3.05) is 6.54 Å². The molecule has 0 spiro atoms. The molecule has 130 valence electrons. The molecule has 2 aromatic heterocycles. The molecule has 3 rings (SSSR count). The number of benzene rings is 1. The molecule has 0 saturated carbocycles. The molecule has 0 aliphatic rings. The van der Waals surface area contributed by atoms with Crippen LogP contribution in [0.15, 0.2) is 48.9 Å². The first-order valence-electron chi connectivity index (χ1n) is 7.88. The summed E-state index contributed by atoms with van der Waals surface area (Å²) < 4.78 is 3.07. The molecule has 1 amide bonds. The van der Waals surface area contributed by atoms with Gasteiger partial charge in [-0.1, -0.05) is 35.5 Å². The maximum absolute atomic E-state index is 12.1. The Morgan fingerprint density at radius 2 is 2.04 bits per heavy atom. The quantitative estimate of drug-likeness (QED) is 0.688. The molecule has 0 bridgehead atoms. The highest BCUT2D eigenvalue weighted by Crippen LogP contribution is 2.18. The minimum absolute atomic E-state index is 0.0307. The fourth-order valence-corrected chi connectivity index (χ4v) is 2.39. The van der Waals surface area contributed by atoms with Gasteiger partial charge in [-0.2, -0.15) is 5.10 Å². The first kappa shape index (κ1) is 16.8. The van der Waals surface area contributed by atoms with Gasteiger partial charge in [0.05, 0.1) is 18.9 Å². The number of carbonyl (C=O) groups excluding carboxylic acids is 1. The van der Waals surface area contributed by atoms with Gasteiger partial charge in [-0.25, -0.2) is 4.68 Å². The Kier molecular flexibility index (Phi) is 4.62. The summed E-state index contributed by atoms with van der Waals surface area (Å²) in [6, 6.07) is 9.62. The summed E-state index contributed by atoms with van der Waals surface area (Å²) in [4.78, 5) is 12.1. The normalized spacial score (nSPS) is 13.4. The topological polar surface area (TPSA) is 97.9 Å². The number of rotatable bonds is 6. The number of carbonyl (C=O) groups is 1. The molecule has 3 aromatic rings. The molecular formula is C17H20N6O2. The number of nitrogens with zero attached hydrogens (tertiary/aromatic N) is 5. The average molecular weight is 340 g/mol. The van der Waals surface area contributed by atoms with E-state index in [1.165, 1.54) is 4.68 Å². The van der Waals surface area contributed by atoms with E-state index < -0.39 is 5.60 Å². The van der Waals surface area contributed by atoms with Crippen LogP contribution in [0.4, 0.5) is 0 Å². The van der Waals surface area contributed by atoms with Crippen LogP contribution < -0.4 is 5.32 Å². The largest absolute Gasteiger partial charge is 0.383 e. The first-order chi connectivity index (χ1) is 11.9. The zero-order valence-corrected chi connectivity index (χ0v) is 14.1. The van der Waals surface area contributed by atoms with Crippen LogP contribution in [-0.2, 0) is 24.0 Å². The lowest BCUT2D eigenvalue weighted by Gasteiger charge is -2.22. The summed E-state index contributed by atoms with van der Waals surface area (Å²) in [5.41, 5.74) is 1.09. The van der Waals surface area contributed by atoms with Crippen molar-refractivity contribution in [3.05, 3.63) is 54.5 Å². The van der Waals surface area contributed by atoms with Crippen molar-refractivity contribution in [1.29, 1.82) is 0 Å². The average Bonchev–Trinajstić information content (AvgIpc) is 3.23. The second kappa shape index (κ2) is 6.86. The van der Waals surface area contributed by atoms with Crippen LogP contribution in [0, 0.1) is 0 Å². The zero-order chi connectivity index (χ0) is 17.9. The minimum Gasteiger partial charge on any atom is -0.383 e. The summed E-state index contributed by atoms with van der Waals surface area (Å²) in [6.07, 6.45) is 5.01. The predicted molar refractivity (Wildman–Crippen MR) is 91.2 cm³/mol. The number of nitrogens with one attached hydrogen (secondary N) is 1. The van der Waals surface area contributed by atoms with Gasteiger partial charge < -0.3 is 10.4 Å². The lowest BCUT2D eigenvalue weighted by molar-refractivity contribution is -0.123. The monoisotopic (exact) mass is 340 g/mol. The van der Waals surface area contributed by atoms with Crippen molar-refractivity contribution >= 4 is 5.91 Å². The lowest BCUT2D eigenvalue weighted by Crippen LogP contribution is -2.39. The third kappa shape index (κ3) is 4.10. The van der Waals surface area contributed by atoms with E-state index in [1.807, 2.05) is 30.3 Å². The number of amides is 1. The van der Waals surface area contributed by atoms with Gasteiger partial charge in [0, 0.05) is 24.4 Å². The fourth-order valence-electron chi connectivity index (χ4n) is 2.39. The number of aromatic nitrogens is 5. The van der Waals surface area contributed by atoms with Crippen LogP contribution in [0.1, 0.15) is 12.5 Å². The van der Waals surface area contributed by atoms with Gasteiger partial charge >= 0.3 is 0 Å². The molecule has 2 heterocycles. The molecule has 25 heavy (non-hydrogen) atoms. The molecule has 8 nitrogen and oxygen atoms in total. The second-order valence-corrected chi connectivity index (χ2v) is 6.12. The highest BCUT2D eigenvalue weighted by Gasteiger charge is 2.25. The number of hydrogen-bond acceptors (Lipinski definition) is 5. The van der Waals surface area contributed by atoms with Crippen LogP contribution >= 0.6 is 0 Å². The predicted octanol–water partition coefficient (Wildman–Crippen LogP) is 0.702. The van der Waals surface area contributed by atoms with Crippen molar-refractivity contribution in [2.24, 2.45) is 7.05 Å². The van der Waals surface area contributed by atoms with Crippen molar-refractivity contribution in [3.8, 4) is 11.3 Å². The van der Waals surface area contributed by atoms with E-state index >= 15 is 0 Å². The van der Waals surface area contributed by atoms with E-state index in [-0.39, 0.29) is 19.0 Å². The molecule has 1 unspecified atom stereocenters. The molecule has 0 fully saturated rings. The molecule has 0 aliphatic carbocycles. The summed E-state index contributed by atoms with van der Waals surface area (Å²) >= 11 is 0. The molecule has 8 heteroatoms. The van der Waals surface area contributed by atoms with Crippen LogP contribution in [0.5, 0.6) is 0 Å². The summed E-state index contributed by atoms with van der Waals surface area (Å²) in [5, 5.41) is 25.2. The van der Waals surface area contributed by atoms with E-state index in [9.17, 15) is 9.90 Å². The molecule has 0 radical (unpaired) electrons. The smallest absolute Gasteiger partial charge is 0.241 e. The Balaban J connectivity index is 1.57. The summed E-state index contributed by atoms with van der Waals surface area (Å²) in [7, 11) is 1.77. The minimum atomic E-state index is -1.19. The third-order valence-corrected chi connectivity index (χ3v) is 3.87. The fraction of sp³-hybridized carbons (Fsp3) is 0.294. The molecule has 2 N–H and O–H groups in total. The van der Waals surface area contributed by atoms with Crippen molar-refractivity contribution in [2.45, 2.75) is 19.1 Å². The number of aryl methyl sites for hydroxylation is 1. The summed E-state index contributed by atoms with van der Waals surface area (Å²) in [5.74, 6) is -0.256. The Hall–Kier alpha value is -3.00. The van der Waals surface area contributed by atoms with Gasteiger partial charge in [-0.3, -0.25) is 9.48 Å². The Labute approximate surface area is 145 Å². The first-order valence-corrected chi connectivity index (χ1v) is 7.88. The molecular weight excluding hydrogens is 320 g/mol. The van der Waals surface area contributed by atoms with Gasteiger partial charge in [0.1, 0.15) is 17.8 Å². The van der Waals surface area contributed by atoms with Gasteiger partial charge in [-0.15, -0.1) is 5.10 Å². The second-order valence-electron chi connectivity index (χ2n) is 6.12. The van der Waals surface area contributed by atoms with Crippen molar-refractivity contribution < 1.29 is 9.90 Å². The molecule has 0 aliphatic heterocycles. The highest BCUT2D eigenvalue weighted by atomic mass is 16.3. The zero-order valence-electron chi connectivity index (χ0n) is 14.1. The van der Waals surface area contributed by atoms with Crippen molar-refractivity contribution in [1.82, 2.24) is 30.1 Å². The lowest BCUT2D eigenvalue weighted by atomic mass is 10.00. The standard InChI is InChI=1S/C17H20N6O2/c1-17(25,14-8-19-22(2)9-14)12-18-16(24)11-23-10-15(20-21-23)13-6-4-3-5-7-13/h3-10,25H,11-12H2,1-2H3,(H,18,24). The maximum atomic E-state index is 12.1. The Morgan fingerprint density at radius 1 is 1.28 bits per heavy atom. The number of hydrogen-bond donors (Lipinski definition) is 2. The van der Waals surface area contributed by atoms with Gasteiger partial charge in [-0.05, 0) is 6.92 Å². The van der Waals surface area contributed by atoms with Crippen LogP contribution in [0.3, 0.4) is 0 Å². The van der Waals surface area contributed by atoms with Gasteiger partial charge in [0.15, 0.2) is 0 Å². The van der Waals surface area contributed by atoms with E-state index in [2.05, 4.69) is 20.7 Å². The van der Waals surface area contributed by atoms with E-state index in [4.69, 9.17) is 0 Å². The van der Waals surface area contributed by atoms with E-state index in [1.54, 1.807) is 37.2 Å². The maximum Gasteiger partial charge on any atom is 0.241 e. The third-order valence-electron chi connectivity index (χ3n) is 3.87. The van der Waals surface area contributed by atoms with E-state index in [0.29, 0.717) is 11.3 Å². The Bertz CT molecular complexity index is 853. The van der Waals surface area contributed by atoms with E-state index in [0.717, 1.165) is 5.56 Å². The van der Waals surface area contributed by atoms with Crippen LogP contribution in [-0.4, -0.2) is 42.3 Å². The SMILES string of the molecule is Cn1cc(C(C)(O)CNC(=O)Cn2cc(-c3ccccc3)nn2)cn1. The molecule has 1 aromatic carbocycles. The van der Waals surface area contributed by atoms with Crippen molar-refractivity contribution in [3.63, 3.8) is 0 Å². The highest BCUT2D eigenvalue weighted by molar-refractivity contribution is 5.75. The van der Waals surface area contributed by atoms with Crippen LogP contribution in [0.25, 0.3) is 11.3 Å². The molecule has 0 saturated heterocycles. The van der Waals surface area contributed by atoms with Gasteiger partial charge in [0.25, 0.3) is 0 Å². The number of aliphatic hydroxyl groups is 1. The Morgan fingerprint density at radius 3 is 2.72 bits per heavy atom. The molecule has 1 atom stereocenters. The van der Waals surface area contributed by atoms with Crippen LogP contribution in [0.2, 0.25) is 0 Å².